The fourth-order valence-corrected chi connectivity index (χ4v) is 16.3. The number of nitrogens with two attached hydrogens (primary N) is 1. The topological polar surface area (TPSA) is 799 Å². The van der Waals surface area contributed by atoms with Crippen LogP contribution in [0.3, 0.4) is 0 Å². The molecular weight excluding hydrogens is 1710 g/mol. The molecule has 18 unspecified atom stereocenters. The fourth-order valence-electron chi connectivity index (χ4n) is 16.3. The van der Waals surface area contributed by atoms with Gasteiger partial charge in [-0.2, -0.15) is 0 Å². The lowest BCUT2D eigenvalue weighted by molar-refractivity contribution is -0.383. The Hall–Kier alpha value is -8.42. The molecule has 8 aliphatic rings. The molecule has 8 heterocycles. The Morgan fingerprint density at radius 1 is 0.496 bits per heavy atom. The second kappa shape index (κ2) is 45.9. The number of nitrogens with one attached hydrogen (secondary N) is 9. The van der Waals surface area contributed by atoms with Gasteiger partial charge in [0.05, 0.1) is 64.4 Å². The first-order valence-corrected chi connectivity index (χ1v) is 41.2. The average Bonchev–Trinajstić information content (AvgIpc) is 1.43. The van der Waals surface area contributed by atoms with E-state index in [0.717, 1.165) is 39.5 Å². The number of carbonyl (C=O) groups is 14. The van der Waals surface area contributed by atoms with E-state index < -0.39 is 349 Å². The Morgan fingerprint density at radius 3 is 1.57 bits per heavy atom. The van der Waals surface area contributed by atoms with Crippen molar-refractivity contribution in [2.45, 2.75) is 314 Å². The van der Waals surface area contributed by atoms with Crippen molar-refractivity contribution in [1.82, 2.24) is 62.6 Å². The van der Waals surface area contributed by atoms with Crippen molar-refractivity contribution in [3.8, 4) is 0 Å². The maximum absolute atomic E-state index is 15.4. The molecule has 0 aliphatic carbocycles. The smallest absolute Gasteiger partial charge is 0.364 e. The predicted octanol–water partition coefficient (Wildman–Crippen LogP) is -16.8. The number of carboxylic acid groups (broad SMARTS) is 1. The number of aliphatic hydroxyl groups is 15. The number of rotatable bonds is 38. The average molecular weight is 1830 g/mol. The molecule has 53 heteroatoms. The molecule has 8 rings (SSSR count). The highest BCUT2D eigenvalue weighted by atomic mass is 16.8. The minimum absolute atomic E-state index is 0.0392. The van der Waals surface area contributed by atoms with E-state index in [2.05, 4.69) is 47.9 Å². The second-order valence-corrected chi connectivity index (χ2v) is 32.3. The van der Waals surface area contributed by atoms with Crippen molar-refractivity contribution in [1.29, 1.82) is 0 Å². The summed E-state index contributed by atoms with van der Waals surface area (Å²) in [4.78, 5) is 193. The summed E-state index contributed by atoms with van der Waals surface area (Å²) in [5, 5.41) is 199. The van der Waals surface area contributed by atoms with Gasteiger partial charge in [-0.1, -0.05) is 0 Å². The van der Waals surface area contributed by atoms with E-state index in [-0.39, 0.29) is 45.3 Å². The fraction of sp³-hybridized carbons (Fsp3) is 0.811. The van der Waals surface area contributed by atoms with Crippen molar-refractivity contribution >= 4 is 82.8 Å². The predicted molar refractivity (Wildman–Crippen MR) is 413 cm³/mol. The third-order valence-electron chi connectivity index (χ3n) is 22.9. The van der Waals surface area contributed by atoms with Crippen molar-refractivity contribution < 1.29 is 196 Å². The van der Waals surface area contributed by atoms with Gasteiger partial charge in [-0.3, -0.25) is 62.3 Å². The molecule has 0 spiro atoms. The van der Waals surface area contributed by atoms with Crippen LogP contribution >= 0.6 is 0 Å². The zero-order chi connectivity index (χ0) is 94.4. The van der Waals surface area contributed by atoms with Gasteiger partial charge >= 0.3 is 5.97 Å². The standard InChI is InChI=1S/C74H119N13O40/c1-26(61(75)108)78-64(111)36-13-10-16-86(36)68(115)37-14-11-17-87(37)67(114)28(3)79-65(112)45(84-62(109)34(20-88)83-44(99)19-76-63(110)35-12-9-15-85(35)66(113)27(2)77-30(5)93)29(4)119-70-48(82-33(8)96)58(52(103)43(123-70)25-118-69-47(81-32(7)95)53(104)57(42(24-92)122-69)124-71-55(106)54(105)50(101)40(22-90)120-71)125-72-56(107)60(51(102)41(23-91)121-72)127-74(73(116)117)18-38(97)46(80-31(6)94)59(126-74)49(100)39(98)21-89/h26-29,34-43,45-60,69-72,88-92,97-98,100-107H,9-25H2,1-8H3,(H2,75,108)(H,76,110)(H,77,93)(H,78,111)(H,79,112)(H,80,94)(H,81,95)(H,82,96)(H,83,99)(H,84,109)(H,116,117)/t26?,27?,28?,29?,34?,35?,36?,37?,38-,39+,40?,41?,42?,43?,45?,46+,47+,48+,49+,50-,51-,52-,53?,54?,55+,56+,57-,58?,59?,60?,69+,70+,71-,72-,74-/m0/s1. The number of likely N-dealkylation sites (tertiary alicyclic amines) is 3. The summed E-state index contributed by atoms with van der Waals surface area (Å²) >= 11 is 0. The van der Waals surface area contributed by atoms with Crippen LogP contribution in [-0.4, -0.2) is 458 Å². The monoisotopic (exact) mass is 1830 g/mol. The summed E-state index contributed by atoms with van der Waals surface area (Å²) in [6, 6.07) is -17.7. The molecule has 8 fully saturated rings. The number of hydrogen-bond donors (Lipinski definition) is 26. The molecule has 0 aromatic rings. The summed E-state index contributed by atoms with van der Waals surface area (Å²) in [6.45, 7) is 0.836. The highest BCUT2D eigenvalue weighted by Gasteiger charge is 2.62. The molecule has 27 N–H and O–H groups in total. The van der Waals surface area contributed by atoms with E-state index >= 15 is 4.79 Å². The third kappa shape index (κ3) is 25.0. The normalized spacial score (nSPS) is 35.2. The quantitative estimate of drug-likeness (QED) is 0.0273. The molecule has 8 saturated heterocycles. The molecule has 0 bridgehead atoms. The lowest BCUT2D eigenvalue weighted by Crippen LogP contribution is -2.71. The number of hydrogen-bond acceptors (Lipinski definition) is 39. The SMILES string of the molecule is CC(=O)NC(C)C(=O)N1CCCC1C(=O)NCC(=O)NC(CO)C(=O)NC(C(=O)NC(C)C(=O)N1CCCC1C(=O)N1CCCC1C(=O)NC(C)C(N)=O)C(C)O[C@@H]1OC(CO[C@@H]2OC(CO)[C@H](O[C@@H]3OC(CO)[C@H](O)C(O)[C@H]3O)C(O)[C@H]2NC(C)=O)[C@H](O)C(O[C@@H]2OC(CO)[C@H](O)C(O[C@]3(C(=O)O)C[C@H](O)[C@@H](NC(C)=O)C([C@H](O)[C@H](O)CO)O3)[C@H]2O)[C@H]1NC(C)=O. The van der Waals surface area contributed by atoms with Crippen LogP contribution in [0.2, 0.25) is 0 Å². The highest BCUT2D eigenvalue weighted by molar-refractivity contribution is 5.98. The van der Waals surface area contributed by atoms with Gasteiger partial charge in [-0.15, -0.1) is 0 Å². The molecule has 0 aromatic carbocycles. The van der Waals surface area contributed by atoms with Crippen molar-refractivity contribution in [2.24, 2.45) is 5.73 Å². The number of primary amides is 1. The van der Waals surface area contributed by atoms with Gasteiger partial charge in [0.2, 0.25) is 76.8 Å². The Morgan fingerprint density at radius 2 is 1.01 bits per heavy atom. The number of carbonyl (C=O) groups excluding carboxylic acids is 13. The molecule has 0 aromatic heterocycles. The molecule has 0 saturated carbocycles. The number of amides is 13. The molecule has 127 heavy (non-hydrogen) atoms. The Bertz CT molecular complexity index is 3850. The van der Waals surface area contributed by atoms with E-state index in [0.29, 0.717) is 12.8 Å². The summed E-state index contributed by atoms with van der Waals surface area (Å²) in [7, 11) is 0. The van der Waals surface area contributed by atoms with Gasteiger partial charge in [0.15, 0.2) is 25.2 Å². The van der Waals surface area contributed by atoms with Crippen LogP contribution in [0.4, 0.5) is 0 Å². The van der Waals surface area contributed by atoms with E-state index in [1.807, 2.05) is 0 Å². The maximum atomic E-state index is 15.4. The van der Waals surface area contributed by atoms with Crippen LogP contribution in [0, 0.1) is 0 Å². The molecule has 35 atom stereocenters. The summed E-state index contributed by atoms with van der Waals surface area (Å²) < 4.78 is 60.1. The van der Waals surface area contributed by atoms with Crippen LogP contribution in [-0.2, 0) is 114 Å². The Balaban J connectivity index is 1.17. The van der Waals surface area contributed by atoms with Crippen LogP contribution < -0.4 is 53.6 Å². The lowest BCUT2D eigenvalue weighted by atomic mass is 9.88. The lowest BCUT2D eigenvalue weighted by Gasteiger charge is -2.51. The van der Waals surface area contributed by atoms with Crippen LogP contribution in [0.25, 0.3) is 0 Å². The zero-order valence-corrected chi connectivity index (χ0v) is 70.5. The molecule has 720 valence electrons. The van der Waals surface area contributed by atoms with E-state index in [1.165, 1.54) is 30.6 Å². The largest absolute Gasteiger partial charge is 0.477 e. The molecule has 0 radical (unpaired) electrons. The van der Waals surface area contributed by atoms with Gasteiger partial charge in [0.1, 0.15) is 164 Å². The minimum atomic E-state index is -3.40. The van der Waals surface area contributed by atoms with Crippen LogP contribution in [0.1, 0.15) is 100 Å². The number of aliphatic carboxylic acids is 1. The van der Waals surface area contributed by atoms with E-state index in [4.69, 9.17) is 53.1 Å². The van der Waals surface area contributed by atoms with Gasteiger partial charge in [-0.25, -0.2) is 4.79 Å². The first kappa shape index (κ1) is 104. The van der Waals surface area contributed by atoms with E-state index in [9.17, 15) is 144 Å². The van der Waals surface area contributed by atoms with Crippen molar-refractivity contribution in [2.75, 3.05) is 65.8 Å². The van der Waals surface area contributed by atoms with Gasteiger partial charge in [0.25, 0.3) is 5.79 Å². The minimum Gasteiger partial charge on any atom is -0.477 e. The second-order valence-electron chi connectivity index (χ2n) is 32.3. The van der Waals surface area contributed by atoms with Gasteiger partial charge < -0.3 is 197 Å². The summed E-state index contributed by atoms with van der Waals surface area (Å²) in [5.74, 6) is -17.8. The Labute approximate surface area is 724 Å². The Kier molecular flexibility index (Phi) is 37.6. The number of ether oxygens (including phenoxy) is 10. The summed E-state index contributed by atoms with van der Waals surface area (Å²) in [5.41, 5.74) is 5.38. The van der Waals surface area contributed by atoms with Crippen molar-refractivity contribution in [3.63, 3.8) is 0 Å². The first-order valence-electron chi connectivity index (χ1n) is 41.2. The van der Waals surface area contributed by atoms with E-state index in [1.54, 1.807) is 0 Å². The first-order chi connectivity index (χ1) is 59.8. The number of nitrogens with zero attached hydrogens (tertiary/aromatic N) is 3. The zero-order valence-electron chi connectivity index (χ0n) is 70.5. The van der Waals surface area contributed by atoms with Gasteiger partial charge in [-0.05, 0) is 66.2 Å². The number of aliphatic hydroxyl groups excluding tert-OH is 15. The molecular formula is C74H119N13O40. The van der Waals surface area contributed by atoms with Crippen LogP contribution in [0.15, 0.2) is 0 Å². The van der Waals surface area contributed by atoms with Gasteiger partial charge in [0, 0.05) is 53.8 Å². The molecule has 13 amide bonds. The highest BCUT2D eigenvalue weighted by Crippen LogP contribution is 2.40. The molecule has 8 aliphatic heterocycles. The third-order valence-corrected chi connectivity index (χ3v) is 22.9. The van der Waals surface area contributed by atoms with Crippen molar-refractivity contribution in [3.05, 3.63) is 0 Å². The van der Waals surface area contributed by atoms with Crippen LogP contribution in [0.5, 0.6) is 0 Å². The number of carboxylic acids is 1. The molecule has 53 nitrogen and oxygen atoms in total. The maximum Gasteiger partial charge on any atom is 0.364 e. The summed E-state index contributed by atoms with van der Waals surface area (Å²) in [6.07, 6.45) is -50.3.